The van der Waals surface area contributed by atoms with Gasteiger partial charge in [-0.05, 0) is 49.9 Å². The molecule has 2 aliphatic carbocycles. The Hall–Kier alpha value is -1.32. The van der Waals surface area contributed by atoms with Gasteiger partial charge in [-0.1, -0.05) is 6.58 Å². The molecule has 1 saturated heterocycles. The number of cyclic esters (lactones) is 1. The molecule has 5 unspecified atom stereocenters. The Morgan fingerprint density at radius 3 is 2.79 bits per heavy atom. The van der Waals surface area contributed by atoms with Crippen molar-refractivity contribution in [3.8, 4) is 0 Å². The van der Waals surface area contributed by atoms with Gasteiger partial charge in [0.15, 0.2) is 0 Å². The Morgan fingerprint density at radius 2 is 2.21 bits per heavy atom. The first-order valence-electron chi connectivity index (χ1n) is 7.18. The van der Waals surface area contributed by atoms with Crippen LogP contribution in [0.1, 0.15) is 38.5 Å². The van der Waals surface area contributed by atoms with E-state index in [9.17, 15) is 9.59 Å². The second-order valence-electron chi connectivity index (χ2n) is 6.05. The van der Waals surface area contributed by atoms with Crippen LogP contribution < -0.4 is 0 Å². The maximum absolute atomic E-state index is 11.2. The Bertz CT molecular complexity index is 403. The zero-order valence-electron chi connectivity index (χ0n) is 11.0. The van der Waals surface area contributed by atoms with Gasteiger partial charge in [-0.3, -0.25) is 4.79 Å². The van der Waals surface area contributed by atoms with Crippen LogP contribution in [0.15, 0.2) is 12.7 Å². The molecule has 0 aromatic carbocycles. The fourth-order valence-electron chi connectivity index (χ4n) is 4.06. The van der Waals surface area contributed by atoms with E-state index in [1.54, 1.807) is 0 Å². The number of fused-ring (bicyclic) bond motifs is 2. The summed E-state index contributed by atoms with van der Waals surface area (Å²) in [6.45, 7) is 3.43. The van der Waals surface area contributed by atoms with Gasteiger partial charge in [-0.15, -0.1) is 0 Å². The first-order valence-corrected chi connectivity index (χ1v) is 7.18. The summed E-state index contributed by atoms with van der Waals surface area (Å²) in [4.78, 5) is 22.3. The van der Waals surface area contributed by atoms with E-state index in [0.29, 0.717) is 24.2 Å². The molecule has 0 aromatic rings. The van der Waals surface area contributed by atoms with Crippen LogP contribution in [0.3, 0.4) is 0 Å². The molecule has 2 bridgehead atoms. The molecule has 3 aliphatic rings. The number of ether oxygens (including phenoxy) is 2. The van der Waals surface area contributed by atoms with Crippen LogP contribution in [-0.2, 0) is 19.1 Å². The van der Waals surface area contributed by atoms with Crippen molar-refractivity contribution in [2.24, 2.45) is 17.8 Å². The second-order valence-corrected chi connectivity index (χ2v) is 6.05. The maximum atomic E-state index is 11.2. The molecule has 0 spiro atoms. The van der Waals surface area contributed by atoms with Crippen molar-refractivity contribution in [1.29, 1.82) is 0 Å². The molecule has 2 saturated carbocycles. The van der Waals surface area contributed by atoms with E-state index in [0.717, 1.165) is 32.1 Å². The Balaban J connectivity index is 1.50. The van der Waals surface area contributed by atoms with E-state index in [2.05, 4.69) is 6.58 Å². The van der Waals surface area contributed by atoms with Crippen LogP contribution in [0, 0.1) is 17.8 Å². The smallest absolute Gasteiger partial charge is 0.330 e. The largest absolute Gasteiger partial charge is 0.462 e. The fourth-order valence-corrected chi connectivity index (χ4v) is 4.06. The van der Waals surface area contributed by atoms with E-state index < -0.39 is 0 Å². The standard InChI is InChI=1S/C15H20O4/c1-2-14(16)19-13-8-10-6-11(13)5-9(10)7-12-3-4-15(17)18-12/h2,9-13H,1,3-8H2. The molecular weight excluding hydrogens is 244 g/mol. The number of hydrogen-bond donors (Lipinski definition) is 0. The van der Waals surface area contributed by atoms with E-state index in [4.69, 9.17) is 9.47 Å². The summed E-state index contributed by atoms with van der Waals surface area (Å²) in [5.41, 5.74) is 0. The van der Waals surface area contributed by atoms with E-state index in [-0.39, 0.29) is 24.1 Å². The molecule has 0 aromatic heterocycles. The predicted molar refractivity (Wildman–Crippen MR) is 68.1 cm³/mol. The molecule has 3 fully saturated rings. The topological polar surface area (TPSA) is 52.6 Å². The molecule has 1 heterocycles. The van der Waals surface area contributed by atoms with Gasteiger partial charge in [-0.25, -0.2) is 4.79 Å². The summed E-state index contributed by atoms with van der Waals surface area (Å²) < 4.78 is 10.7. The summed E-state index contributed by atoms with van der Waals surface area (Å²) in [7, 11) is 0. The van der Waals surface area contributed by atoms with Crippen molar-refractivity contribution in [2.75, 3.05) is 0 Å². The fraction of sp³-hybridized carbons (Fsp3) is 0.733. The van der Waals surface area contributed by atoms with Crippen molar-refractivity contribution in [1.82, 2.24) is 0 Å². The van der Waals surface area contributed by atoms with Crippen LogP contribution >= 0.6 is 0 Å². The first-order chi connectivity index (χ1) is 9.15. The lowest BCUT2D eigenvalue weighted by Gasteiger charge is -2.28. The minimum atomic E-state index is -0.307. The Morgan fingerprint density at radius 1 is 1.37 bits per heavy atom. The van der Waals surface area contributed by atoms with Crippen LogP contribution in [-0.4, -0.2) is 24.1 Å². The lowest BCUT2D eigenvalue weighted by molar-refractivity contribution is -0.147. The minimum Gasteiger partial charge on any atom is -0.462 e. The third kappa shape index (κ3) is 2.53. The third-order valence-corrected chi connectivity index (χ3v) is 4.91. The summed E-state index contributed by atoms with van der Waals surface area (Å²) >= 11 is 0. The van der Waals surface area contributed by atoms with Gasteiger partial charge in [0.05, 0.1) is 0 Å². The molecule has 4 nitrogen and oxygen atoms in total. The molecule has 0 N–H and O–H groups in total. The number of carbonyl (C=O) groups is 2. The van der Waals surface area contributed by atoms with E-state index in [1.807, 2.05) is 0 Å². The van der Waals surface area contributed by atoms with Crippen molar-refractivity contribution < 1.29 is 19.1 Å². The van der Waals surface area contributed by atoms with Gasteiger partial charge in [-0.2, -0.15) is 0 Å². The molecule has 1 aliphatic heterocycles. The zero-order chi connectivity index (χ0) is 13.4. The second kappa shape index (κ2) is 4.99. The SMILES string of the molecule is C=CC(=O)OC1CC2CC1CC2CC1CCC(=O)O1. The average Bonchev–Trinajstić information content (AvgIpc) is 3.05. The highest BCUT2D eigenvalue weighted by Gasteiger charge is 2.48. The predicted octanol–water partition coefficient (Wildman–Crippen LogP) is 2.23. The van der Waals surface area contributed by atoms with Crippen LogP contribution in [0.4, 0.5) is 0 Å². The van der Waals surface area contributed by atoms with Gasteiger partial charge in [0.1, 0.15) is 12.2 Å². The average molecular weight is 264 g/mol. The molecule has 5 atom stereocenters. The molecule has 19 heavy (non-hydrogen) atoms. The number of esters is 2. The van der Waals surface area contributed by atoms with Crippen LogP contribution in [0.25, 0.3) is 0 Å². The first kappa shape index (κ1) is 12.7. The van der Waals surface area contributed by atoms with Gasteiger partial charge in [0.2, 0.25) is 0 Å². The number of rotatable bonds is 4. The van der Waals surface area contributed by atoms with Gasteiger partial charge >= 0.3 is 11.9 Å². The minimum absolute atomic E-state index is 0.0501. The van der Waals surface area contributed by atoms with Gasteiger partial charge in [0, 0.05) is 12.5 Å². The lowest BCUT2D eigenvalue weighted by Crippen LogP contribution is -2.28. The highest BCUT2D eigenvalue weighted by atomic mass is 16.6. The number of hydrogen-bond acceptors (Lipinski definition) is 4. The number of carbonyl (C=O) groups excluding carboxylic acids is 2. The lowest BCUT2D eigenvalue weighted by atomic mass is 9.83. The Kier molecular flexibility index (Phi) is 3.33. The van der Waals surface area contributed by atoms with Crippen molar-refractivity contribution in [2.45, 2.75) is 50.7 Å². The normalized spacial score (nSPS) is 40.2. The van der Waals surface area contributed by atoms with Crippen LogP contribution in [0.5, 0.6) is 0 Å². The van der Waals surface area contributed by atoms with Crippen LogP contribution in [0.2, 0.25) is 0 Å². The maximum Gasteiger partial charge on any atom is 0.330 e. The highest BCUT2D eigenvalue weighted by Crippen LogP contribution is 2.51. The van der Waals surface area contributed by atoms with Gasteiger partial charge in [0.25, 0.3) is 0 Å². The summed E-state index contributed by atoms with van der Waals surface area (Å²) in [5, 5.41) is 0. The van der Waals surface area contributed by atoms with Crippen molar-refractivity contribution in [3.63, 3.8) is 0 Å². The van der Waals surface area contributed by atoms with E-state index in [1.165, 1.54) is 6.08 Å². The monoisotopic (exact) mass is 264 g/mol. The zero-order valence-corrected chi connectivity index (χ0v) is 11.0. The van der Waals surface area contributed by atoms with Crippen molar-refractivity contribution >= 4 is 11.9 Å². The van der Waals surface area contributed by atoms with E-state index >= 15 is 0 Å². The molecule has 3 rings (SSSR count). The molecule has 4 heteroatoms. The quantitative estimate of drug-likeness (QED) is 0.577. The molecule has 0 amide bonds. The molecule has 0 radical (unpaired) electrons. The summed E-state index contributed by atoms with van der Waals surface area (Å²) in [6.07, 6.45) is 7.12. The third-order valence-electron chi connectivity index (χ3n) is 4.91. The Labute approximate surface area is 113 Å². The molecular formula is C15H20O4. The van der Waals surface area contributed by atoms with Gasteiger partial charge < -0.3 is 9.47 Å². The summed E-state index contributed by atoms with van der Waals surface area (Å²) in [5.74, 6) is 1.41. The highest BCUT2D eigenvalue weighted by molar-refractivity contribution is 5.81. The molecule has 104 valence electrons. The summed E-state index contributed by atoms with van der Waals surface area (Å²) in [6, 6.07) is 0. The van der Waals surface area contributed by atoms with Crippen molar-refractivity contribution in [3.05, 3.63) is 12.7 Å².